The van der Waals surface area contributed by atoms with Crippen molar-refractivity contribution in [2.24, 2.45) is 17.8 Å². The van der Waals surface area contributed by atoms with Gasteiger partial charge in [0.1, 0.15) is 0 Å². The van der Waals surface area contributed by atoms with Crippen molar-refractivity contribution >= 4 is 17.7 Å². The van der Waals surface area contributed by atoms with Crippen molar-refractivity contribution in [1.82, 2.24) is 25.0 Å². The van der Waals surface area contributed by atoms with Crippen molar-refractivity contribution < 1.29 is 4.79 Å². The van der Waals surface area contributed by atoms with E-state index < -0.39 is 0 Å². The number of nitrogens with zero attached hydrogens (tertiary/aromatic N) is 4. The van der Waals surface area contributed by atoms with Gasteiger partial charge in [-0.2, -0.15) is 0 Å². The first-order valence-corrected chi connectivity index (χ1v) is 13.5. The zero-order valence-electron chi connectivity index (χ0n) is 20.2. The van der Waals surface area contributed by atoms with Gasteiger partial charge in [-0.05, 0) is 82.4 Å². The predicted octanol–water partition coefficient (Wildman–Crippen LogP) is 4.52. The molecule has 4 fully saturated rings. The van der Waals surface area contributed by atoms with Gasteiger partial charge in [0, 0.05) is 5.54 Å². The highest BCUT2D eigenvalue weighted by molar-refractivity contribution is 7.99. The Kier molecular flexibility index (Phi) is 6.54. The third-order valence-electron chi connectivity index (χ3n) is 8.01. The summed E-state index contributed by atoms with van der Waals surface area (Å²) < 4.78 is 2.20. The van der Waals surface area contributed by atoms with E-state index in [9.17, 15) is 4.79 Å². The third-order valence-corrected chi connectivity index (χ3v) is 8.98. The maximum Gasteiger partial charge on any atom is 0.230 e. The van der Waals surface area contributed by atoms with Gasteiger partial charge in [-0.3, -0.25) is 9.69 Å². The second-order valence-corrected chi connectivity index (χ2v) is 11.8. The molecule has 1 atom stereocenters. The highest BCUT2D eigenvalue weighted by Crippen LogP contribution is 2.55. The molecule has 1 amide bonds. The van der Waals surface area contributed by atoms with E-state index in [1.807, 2.05) is 6.07 Å². The Morgan fingerprint density at radius 2 is 1.76 bits per heavy atom. The Hall–Kier alpha value is -1.86. The molecular weight excluding hydrogens is 430 g/mol. The van der Waals surface area contributed by atoms with E-state index in [1.165, 1.54) is 55.9 Å². The van der Waals surface area contributed by atoms with Crippen molar-refractivity contribution in [1.29, 1.82) is 0 Å². The molecule has 2 aromatic rings. The largest absolute Gasteiger partial charge is 0.350 e. The number of benzene rings is 1. The molecule has 0 aliphatic heterocycles. The summed E-state index contributed by atoms with van der Waals surface area (Å²) in [5.41, 5.74) is 1.28. The van der Waals surface area contributed by atoms with E-state index in [-0.39, 0.29) is 17.5 Å². The van der Waals surface area contributed by atoms with Crippen LogP contribution in [0.5, 0.6) is 0 Å². The minimum atomic E-state index is 0.0630. The molecular formula is C26H37N5OS. The molecule has 0 unspecified atom stereocenters. The van der Waals surface area contributed by atoms with Crippen LogP contribution >= 0.6 is 11.8 Å². The van der Waals surface area contributed by atoms with Gasteiger partial charge >= 0.3 is 0 Å². The number of rotatable bonds is 9. The Labute approximate surface area is 201 Å². The van der Waals surface area contributed by atoms with Gasteiger partial charge < -0.3 is 9.88 Å². The van der Waals surface area contributed by atoms with Crippen LogP contribution in [0, 0.1) is 17.8 Å². The maximum absolute atomic E-state index is 13.1. The van der Waals surface area contributed by atoms with Crippen LogP contribution in [0.15, 0.2) is 35.5 Å². The van der Waals surface area contributed by atoms with Gasteiger partial charge in [0.25, 0.3) is 0 Å². The van der Waals surface area contributed by atoms with Gasteiger partial charge in [-0.25, -0.2) is 0 Å². The molecule has 0 radical (unpaired) electrons. The van der Waals surface area contributed by atoms with Crippen LogP contribution in [-0.4, -0.2) is 51.0 Å². The van der Waals surface area contributed by atoms with Gasteiger partial charge in [0.2, 0.25) is 5.91 Å². The van der Waals surface area contributed by atoms with Gasteiger partial charge in [-0.15, -0.1) is 10.2 Å². The maximum atomic E-state index is 13.1. The molecule has 1 aromatic carbocycles. The average molecular weight is 468 g/mol. The summed E-state index contributed by atoms with van der Waals surface area (Å²) in [6.45, 7) is 2.89. The van der Waals surface area contributed by atoms with Crippen LogP contribution < -0.4 is 5.32 Å². The van der Waals surface area contributed by atoms with Gasteiger partial charge in [-0.1, -0.05) is 49.0 Å². The number of amides is 1. The molecule has 4 aliphatic rings. The van der Waals surface area contributed by atoms with Crippen LogP contribution in [0.4, 0.5) is 0 Å². The lowest BCUT2D eigenvalue weighted by Crippen LogP contribution is -2.60. The van der Waals surface area contributed by atoms with E-state index in [4.69, 9.17) is 0 Å². The van der Waals surface area contributed by atoms with Crippen molar-refractivity contribution in [3.63, 3.8) is 0 Å². The third kappa shape index (κ3) is 4.85. The second kappa shape index (κ2) is 9.41. The number of hydrogen-bond donors (Lipinski definition) is 1. The van der Waals surface area contributed by atoms with Crippen LogP contribution in [0.25, 0.3) is 0 Å². The molecule has 7 heteroatoms. The molecule has 178 valence electrons. The van der Waals surface area contributed by atoms with Crippen LogP contribution in [0.1, 0.15) is 69.3 Å². The van der Waals surface area contributed by atoms with E-state index >= 15 is 0 Å². The minimum Gasteiger partial charge on any atom is -0.350 e. The molecule has 1 heterocycles. The van der Waals surface area contributed by atoms with Crippen LogP contribution in [-0.2, 0) is 11.3 Å². The fraction of sp³-hybridized carbons (Fsp3) is 0.654. The summed E-state index contributed by atoms with van der Waals surface area (Å²) in [5, 5.41) is 13.4. The molecule has 1 N–H and O–H groups in total. The Bertz CT molecular complexity index is 937. The Morgan fingerprint density at radius 3 is 2.33 bits per heavy atom. The first-order valence-electron chi connectivity index (χ1n) is 12.5. The van der Waals surface area contributed by atoms with E-state index in [0.29, 0.717) is 12.3 Å². The smallest absolute Gasteiger partial charge is 0.230 e. The average Bonchev–Trinajstić information content (AvgIpc) is 3.14. The lowest BCUT2D eigenvalue weighted by Gasteiger charge is -2.56. The number of aromatic nitrogens is 3. The topological polar surface area (TPSA) is 63.1 Å². The standard InChI is InChI=1S/C26H37N5OS/c1-4-22(30(2)3)24-28-29-25(31(24)16-18-8-6-5-7-9-18)33-17-23(32)27-26-13-19-10-20(14-26)12-21(11-19)15-26/h5-9,19-22H,4,10-17H2,1-3H3,(H,27,32)/t19?,20?,21?,22-,26?/m0/s1. The van der Waals surface area contributed by atoms with Crippen molar-refractivity contribution in [2.45, 2.75) is 75.2 Å². The summed E-state index contributed by atoms with van der Waals surface area (Å²) in [5.74, 6) is 4.01. The fourth-order valence-electron chi connectivity index (χ4n) is 7.07. The summed E-state index contributed by atoms with van der Waals surface area (Å²) in [6, 6.07) is 10.6. The molecule has 6 nitrogen and oxygen atoms in total. The molecule has 4 aliphatic carbocycles. The highest BCUT2D eigenvalue weighted by Gasteiger charge is 2.51. The molecule has 33 heavy (non-hydrogen) atoms. The Morgan fingerprint density at radius 1 is 1.12 bits per heavy atom. The SMILES string of the molecule is CC[C@@H](c1nnc(SCC(=O)NC23CC4CC(CC(C4)C2)C3)n1Cc1ccccc1)N(C)C. The number of nitrogens with one attached hydrogen (secondary N) is 1. The van der Waals surface area contributed by atoms with Crippen molar-refractivity contribution in [3.05, 3.63) is 41.7 Å². The number of hydrogen-bond acceptors (Lipinski definition) is 5. The zero-order chi connectivity index (χ0) is 23.0. The number of carbonyl (C=O) groups is 1. The van der Waals surface area contributed by atoms with Crippen LogP contribution in [0.3, 0.4) is 0 Å². The fourth-order valence-corrected chi connectivity index (χ4v) is 7.82. The Balaban J connectivity index is 1.29. The zero-order valence-corrected chi connectivity index (χ0v) is 21.0. The molecule has 0 spiro atoms. The van der Waals surface area contributed by atoms with E-state index in [0.717, 1.165) is 35.2 Å². The monoisotopic (exact) mass is 467 g/mol. The van der Waals surface area contributed by atoms with Crippen molar-refractivity contribution in [2.75, 3.05) is 19.8 Å². The predicted molar refractivity (Wildman–Crippen MR) is 132 cm³/mol. The molecule has 6 rings (SSSR count). The second-order valence-electron chi connectivity index (χ2n) is 10.8. The normalized spacial score (nSPS) is 28.9. The van der Waals surface area contributed by atoms with Gasteiger partial charge in [0.05, 0.1) is 18.3 Å². The summed E-state index contributed by atoms with van der Waals surface area (Å²) in [4.78, 5) is 15.3. The highest BCUT2D eigenvalue weighted by atomic mass is 32.2. The first kappa shape index (κ1) is 22.9. The summed E-state index contributed by atoms with van der Waals surface area (Å²) >= 11 is 1.52. The van der Waals surface area contributed by atoms with Gasteiger partial charge in [0.15, 0.2) is 11.0 Å². The minimum absolute atomic E-state index is 0.0630. The summed E-state index contributed by atoms with van der Waals surface area (Å²) in [7, 11) is 4.17. The molecule has 4 bridgehead atoms. The lowest BCUT2D eigenvalue weighted by molar-refractivity contribution is -0.124. The lowest BCUT2D eigenvalue weighted by atomic mass is 9.53. The summed E-state index contributed by atoms with van der Waals surface area (Å²) in [6.07, 6.45) is 8.68. The van der Waals surface area contributed by atoms with E-state index in [2.05, 4.69) is 70.3 Å². The quantitative estimate of drug-likeness (QED) is 0.550. The number of thioether (sulfide) groups is 1. The first-order chi connectivity index (χ1) is 15.9. The van der Waals surface area contributed by atoms with E-state index in [1.54, 1.807) is 0 Å². The molecule has 0 saturated heterocycles. The number of carbonyl (C=O) groups excluding carboxylic acids is 1. The molecule has 1 aromatic heterocycles. The van der Waals surface area contributed by atoms with Crippen LogP contribution in [0.2, 0.25) is 0 Å². The van der Waals surface area contributed by atoms with Crippen molar-refractivity contribution in [3.8, 4) is 0 Å². The molecule has 4 saturated carbocycles.